The highest BCUT2D eigenvalue weighted by Crippen LogP contribution is 2.42. The Morgan fingerprint density at radius 2 is 2.04 bits per heavy atom. The summed E-state index contributed by atoms with van der Waals surface area (Å²) in [6.45, 7) is 3.81. The van der Waals surface area contributed by atoms with Gasteiger partial charge in [-0.2, -0.15) is 0 Å². The van der Waals surface area contributed by atoms with Crippen LogP contribution in [-0.2, 0) is 4.79 Å². The van der Waals surface area contributed by atoms with Gasteiger partial charge in [-0.3, -0.25) is 9.59 Å². The molecule has 0 N–H and O–H groups in total. The number of nitrogens with zero attached hydrogens (tertiary/aromatic N) is 3. The van der Waals surface area contributed by atoms with Crippen LogP contribution in [0.25, 0.3) is 0 Å². The number of carbonyl (C=O) groups excluding carboxylic acids is 2. The fraction of sp³-hybridized carbons (Fsp3) is 0.421. The molecule has 1 spiro atoms. The Bertz CT molecular complexity index is 845. The lowest BCUT2D eigenvalue weighted by atomic mass is 9.86. The summed E-state index contributed by atoms with van der Waals surface area (Å²) >= 11 is 0. The Morgan fingerprint density at radius 3 is 2.73 bits per heavy atom. The average molecular weight is 355 g/mol. The Kier molecular flexibility index (Phi) is 3.94. The third-order valence-corrected chi connectivity index (χ3v) is 5.30. The van der Waals surface area contributed by atoms with E-state index in [-0.39, 0.29) is 28.9 Å². The summed E-state index contributed by atoms with van der Waals surface area (Å²) in [6, 6.07) is 9.46. The Labute approximate surface area is 151 Å². The van der Waals surface area contributed by atoms with Crippen LogP contribution in [0.3, 0.4) is 0 Å². The first-order valence-corrected chi connectivity index (χ1v) is 8.67. The molecule has 0 aliphatic carbocycles. The summed E-state index contributed by atoms with van der Waals surface area (Å²) in [5, 5.41) is 3.68. The van der Waals surface area contributed by atoms with Gasteiger partial charge >= 0.3 is 0 Å². The second-order valence-corrected chi connectivity index (χ2v) is 7.20. The molecule has 0 bridgehead atoms. The number of ether oxygens (including phenoxy) is 1. The molecule has 1 atom stereocenters. The molecule has 2 amide bonds. The van der Waals surface area contributed by atoms with Gasteiger partial charge in [-0.15, -0.1) is 0 Å². The number of likely N-dealkylation sites (tertiary alicyclic amines) is 1. The van der Waals surface area contributed by atoms with Gasteiger partial charge in [0.15, 0.2) is 0 Å². The molecule has 2 aliphatic heterocycles. The van der Waals surface area contributed by atoms with Crippen molar-refractivity contribution in [1.82, 2.24) is 10.1 Å². The van der Waals surface area contributed by atoms with Crippen molar-refractivity contribution in [1.29, 1.82) is 0 Å². The molecule has 2 aromatic rings. The van der Waals surface area contributed by atoms with Gasteiger partial charge in [-0.1, -0.05) is 17.7 Å². The highest BCUT2D eigenvalue weighted by atomic mass is 16.5. The van der Waals surface area contributed by atoms with Gasteiger partial charge in [0.25, 0.3) is 11.8 Å². The van der Waals surface area contributed by atoms with Gasteiger partial charge < -0.3 is 19.1 Å². The van der Waals surface area contributed by atoms with E-state index in [2.05, 4.69) is 5.16 Å². The van der Waals surface area contributed by atoms with Crippen molar-refractivity contribution in [3.63, 3.8) is 0 Å². The van der Waals surface area contributed by atoms with Crippen LogP contribution in [0.5, 0.6) is 5.88 Å². The number of methoxy groups -OCH3 is 1. The van der Waals surface area contributed by atoms with Gasteiger partial charge in [0, 0.05) is 37.2 Å². The fourth-order valence-corrected chi connectivity index (χ4v) is 3.85. The summed E-state index contributed by atoms with van der Waals surface area (Å²) in [4.78, 5) is 28.8. The van der Waals surface area contributed by atoms with E-state index in [4.69, 9.17) is 9.26 Å². The lowest BCUT2D eigenvalue weighted by Crippen LogP contribution is -2.34. The molecule has 3 heterocycles. The topological polar surface area (TPSA) is 75.9 Å². The normalized spacial score (nSPS) is 22.5. The molecule has 2 fully saturated rings. The zero-order chi connectivity index (χ0) is 18.3. The van der Waals surface area contributed by atoms with E-state index in [1.165, 1.54) is 13.2 Å². The number of anilines is 1. The van der Waals surface area contributed by atoms with Crippen LogP contribution in [0.2, 0.25) is 0 Å². The molecule has 0 radical (unpaired) electrons. The summed E-state index contributed by atoms with van der Waals surface area (Å²) in [7, 11) is 1.47. The van der Waals surface area contributed by atoms with Crippen LogP contribution >= 0.6 is 0 Å². The third kappa shape index (κ3) is 2.83. The van der Waals surface area contributed by atoms with E-state index in [1.54, 1.807) is 4.90 Å². The van der Waals surface area contributed by atoms with Crippen LogP contribution in [0.4, 0.5) is 5.69 Å². The van der Waals surface area contributed by atoms with Crippen molar-refractivity contribution in [3.8, 4) is 5.88 Å². The van der Waals surface area contributed by atoms with E-state index >= 15 is 0 Å². The van der Waals surface area contributed by atoms with Gasteiger partial charge in [-0.25, -0.2) is 0 Å². The molecule has 7 nitrogen and oxygen atoms in total. The highest BCUT2D eigenvalue weighted by Gasteiger charge is 2.49. The fourth-order valence-electron chi connectivity index (χ4n) is 3.85. The van der Waals surface area contributed by atoms with E-state index in [0.29, 0.717) is 26.1 Å². The van der Waals surface area contributed by atoms with Crippen molar-refractivity contribution in [2.45, 2.75) is 19.8 Å². The standard InChI is InChI=1S/C19H21N3O4/c1-13-3-5-14(6-4-13)22-12-19(10-17(22)23)7-8-21(11-19)18(24)15-9-16(25-2)20-26-15/h3-6,9H,7-8,10-12H2,1-2H3/t19-/m0/s1. The molecule has 4 rings (SSSR count). The predicted octanol–water partition coefficient (Wildman–Crippen LogP) is 2.26. The molecular weight excluding hydrogens is 334 g/mol. The quantitative estimate of drug-likeness (QED) is 0.844. The van der Waals surface area contributed by atoms with Crippen molar-refractivity contribution in [2.75, 3.05) is 31.6 Å². The van der Waals surface area contributed by atoms with Crippen LogP contribution in [-0.4, -0.2) is 48.6 Å². The maximum absolute atomic E-state index is 12.6. The maximum Gasteiger partial charge on any atom is 0.292 e. The molecule has 7 heteroatoms. The number of hydrogen-bond donors (Lipinski definition) is 0. The first kappa shape index (κ1) is 16.6. The summed E-state index contributed by atoms with van der Waals surface area (Å²) in [5.41, 5.74) is 1.89. The minimum atomic E-state index is -0.209. The van der Waals surface area contributed by atoms with Crippen LogP contribution in [0, 0.1) is 12.3 Å². The zero-order valence-electron chi connectivity index (χ0n) is 14.9. The number of carbonyl (C=O) groups is 2. The SMILES string of the molecule is COc1cc(C(=O)N2CC[C@]3(CC(=O)N(c4ccc(C)cc4)C3)C2)on1. The predicted molar refractivity (Wildman–Crippen MR) is 94.2 cm³/mol. The number of aryl methyl sites for hydroxylation is 1. The number of rotatable bonds is 3. The van der Waals surface area contributed by atoms with Gasteiger partial charge in [0.2, 0.25) is 11.7 Å². The smallest absolute Gasteiger partial charge is 0.292 e. The van der Waals surface area contributed by atoms with Gasteiger partial charge in [0.1, 0.15) is 0 Å². The largest absolute Gasteiger partial charge is 0.479 e. The minimum Gasteiger partial charge on any atom is -0.479 e. The monoisotopic (exact) mass is 355 g/mol. The lowest BCUT2D eigenvalue weighted by Gasteiger charge is -2.24. The second kappa shape index (κ2) is 6.16. The Hall–Kier alpha value is -2.83. The molecule has 2 saturated heterocycles. The van der Waals surface area contributed by atoms with Gasteiger partial charge in [-0.05, 0) is 30.6 Å². The van der Waals surface area contributed by atoms with Crippen molar-refractivity contribution in [2.24, 2.45) is 5.41 Å². The number of amides is 2. The molecule has 26 heavy (non-hydrogen) atoms. The van der Waals surface area contributed by atoms with Crippen LogP contribution < -0.4 is 9.64 Å². The van der Waals surface area contributed by atoms with Crippen LogP contribution in [0.15, 0.2) is 34.9 Å². The zero-order valence-corrected chi connectivity index (χ0v) is 14.9. The van der Waals surface area contributed by atoms with Crippen molar-refractivity contribution in [3.05, 3.63) is 41.7 Å². The molecular formula is C19H21N3O4. The minimum absolute atomic E-state index is 0.115. The summed E-state index contributed by atoms with van der Waals surface area (Å²) in [5.74, 6) is 0.353. The third-order valence-electron chi connectivity index (χ3n) is 5.30. The molecule has 136 valence electrons. The molecule has 0 unspecified atom stereocenters. The van der Waals surface area contributed by atoms with Gasteiger partial charge in [0.05, 0.1) is 13.2 Å². The number of benzene rings is 1. The summed E-state index contributed by atoms with van der Waals surface area (Å²) < 4.78 is 10.0. The first-order chi connectivity index (χ1) is 12.5. The van der Waals surface area contributed by atoms with Crippen molar-refractivity contribution >= 4 is 17.5 Å². The number of hydrogen-bond acceptors (Lipinski definition) is 5. The first-order valence-electron chi connectivity index (χ1n) is 8.67. The Morgan fingerprint density at radius 1 is 1.27 bits per heavy atom. The highest BCUT2D eigenvalue weighted by molar-refractivity contribution is 5.97. The van der Waals surface area contributed by atoms with E-state index < -0.39 is 0 Å². The lowest BCUT2D eigenvalue weighted by molar-refractivity contribution is -0.117. The Balaban J connectivity index is 1.48. The summed E-state index contributed by atoms with van der Waals surface area (Å²) in [6.07, 6.45) is 1.27. The van der Waals surface area contributed by atoms with E-state index in [1.807, 2.05) is 36.1 Å². The maximum atomic E-state index is 12.6. The average Bonchev–Trinajstić information content (AvgIpc) is 3.34. The molecule has 1 aromatic carbocycles. The molecule has 1 aromatic heterocycles. The number of aromatic nitrogens is 1. The van der Waals surface area contributed by atoms with Crippen molar-refractivity contribution < 1.29 is 18.8 Å². The molecule has 2 aliphatic rings. The van der Waals surface area contributed by atoms with Crippen LogP contribution in [0.1, 0.15) is 29.0 Å². The second-order valence-electron chi connectivity index (χ2n) is 7.20. The molecule has 0 saturated carbocycles. The van der Waals surface area contributed by atoms with E-state index in [0.717, 1.165) is 17.7 Å². The van der Waals surface area contributed by atoms with E-state index in [9.17, 15) is 9.59 Å².